The molecule has 0 radical (unpaired) electrons. The van der Waals surface area contributed by atoms with Crippen LogP contribution in [0.1, 0.15) is 5.56 Å². The lowest BCUT2D eigenvalue weighted by Gasteiger charge is -2.01. The fourth-order valence-corrected chi connectivity index (χ4v) is 2.05. The van der Waals surface area contributed by atoms with E-state index in [1.165, 1.54) is 35.4 Å². The van der Waals surface area contributed by atoms with E-state index < -0.39 is 10.8 Å². The monoisotopic (exact) mass is 345 g/mol. The lowest BCUT2D eigenvalue weighted by molar-refractivity contribution is -0.389. The number of nitrogens with one attached hydrogen (secondary N) is 1. The van der Waals surface area contributed by atoms with Crippen molar-refractivity contribution in [3.63, 3.8) is 0 Å². The quantitative estimate of drug-likeness (QED) is 0.529. The molecular formula is C14H12FN7O3. The van der Waals surface area contributed by atoms with Gasteiger partial charge in [0.2, 0.25) is 5.95 Å². The molecule has 25 heavy (non-hydrogen) atoms. The Morgan fingerprint density at radius 2 is 1.96 bits per heavy atom. The van der Waals surface area contributed by atoms with Crippen molar-refractivity contribution in [2.45, 2.75) is 13.1 Å². The van der Waals surface area contributed by atoms with Gasteiger partial charge in [-0.2, -0.15) is 4.68 Å². The molecule has 0 saturated carbocycles. The lowest BCUT2D eigenvalue weighted by Crippen LogP contribution is -2.20. The van der Waals surface area contributed by atoms with Gasteiger partial charge in [0.25, 0.3) is 5.91 Å². The van der Waals surface area contributed by atoms with Crippen molar-refractivity contribution in [3.05, 3.63) is 64.4 Å². The maximum absolute atomic E-state index is 12.9. The van der Waals surface area contributed by atoms with E-state index in [0.717, 1.165) is 10.2 Å². The van der Waals surface area contributed by atoms with E-state index in [4.69, 9.17) is 0 Å². The van der Waals surface area contributed by atoms with Crippen LogP contribution in [0.3, 0.4) is 0 Å². The molecule has 3 aromatic rings. The van der Waals surface area contributed by atoms with Crippen LogP contribution in [0, 0.1) is 15.9 Å². The van der Waals surface area contributed by atoms with Crippen molar-refractivity contribution in [2.24, 2.45) is 0 Å². The second-order valence-corrected chi connectivity index (χ2v) is 5.07. The third kappa shape index (κ3) is 4.22. The number of hydrogen-bond donors (Lipinski definition) is 1. The standard InChI is InChI=1S/C14H12FN7O3/c15-11-3-1-10(2-4-11)7-21-9-16-14(19-21)17-13(23)8-20-6-5-12(18-20)22(24)25/h1-6,9H,7-8H2,(H,17,19,23). The first-order valence-electron chi connectivity index (χ1n) is 7.11. The Kier molecular flexibility index (Phi) is 4.46. The van der Waals surface area contributed by atoms with Gasteiger partial charge in [-0.3, -0.25) is 10.1 Å². The highest BCUT2D eigenvalue weighted by atomic mass is 19.1. The number of aromatic nitrogens is 5. The van der Waals surface area contributed by atoms with Crippen molar-refractivity contribution in [2.75, 3.05) is 5.32 Å². The third-order valence-electron chi connectivity index (χ3n) is 3.16. The minimum Gasteiger partial charge on any atom is -0.358 e. The van der Waals surface area contributed by atoms with E-state index in [1.54, 1.807) is 12.1 Å². The second kappa shape index (κ2) is 6.86. The fourth-order valence-electron chi connectivity index (χ4n) is 2.05. The van der Waals surface area contributed by atoms with E-state index in [9.17, 15) is 19.3 Å². The molecular weight excluding hydrogens is 333 g/mol. The predicted octanol–water partition coefficient (Wildman–Crippen LogP) is 1.21. The van der Waals surface area contributed by atoms with Gasteiger partial charge < -0.3 is 10.1 Å². The molecule has 0 unspecified atom stereocenters. The SMILES string of the molecule is O=C(Cn1ccc([N+](=O)[O-])n1)Nc1ncn(Cc2ccc(F)cc2)n1. The summed E-state index contributed by atoms with van der Waals surface area (Å²) in [5.74, 6) is -1.05. The van der Waals surface area contributed by atoms with E-state index >= 15 is 0 Å². The molecule has 2 aromatic heterocycles. The molecule has 0 spiro atoms. The van der Waals surface area contributed by atoms with Gasteiger partial charge in [-0.25, -0.2) is 14.1 Å². The zero-order valence-corrected chi connectivity index (χ0v) is 12.7. The van der Waals surface area contributed by atoms with Crippen LogP contribution in [0.25, 0.3) is 0 Å². The third-order valence-corrected chi connectivity index (χ3v) is 3.16. The summed E-state index contributed by atoms with van der Waals surface area (Å²) < 4.78 is 15.5. The van der Waals surface area contributed by atoms with Crippen molar-refractivity contribution < 1.29 is 14.1 Å². The molecule has 3 rings (SSSR count). The maximum Gasteiger partial charge on any atom is 0.389 e. The molecule has 0 aliphatic rings. The molecule has 0 bridgehead atoms. The molecule has 1 amide bonds. The van der Waals surface area contributed by atoms with Crippen molar-refractivity contribution in [1.82, 2.24) is 24.5 Å². The topological polar surface area (TPSA) is 121 Å². The highest BCUT2D eigenvalue weighted by Crippen LogP contribution is 2.07. The van der Waals surface area contributed by atoms with Crippen molar-refractivity contribution in [1.29, 1.82) is 0 Å². The minimum absolute atomic E-state index is 0.0915. The van der Waals surface area contributed by atoms with Gasteiger partial charge in [0.15, 0.2) is 0 Å². The predicted molar refractivity (Wildman–Crippen MR) is 83.0 cm³/mol. The fraction of sp³-hybridized carbons (Fsp3) is 0.143. The van der Waals surface area contributed by atoms with Gasteiger partial charge in [-0.05, 0) is 22.6 Å². The van der Waals surface area contributed by atoms with Gasteiger partial charge >= 0.3 is 5.82 Å². The molecule has 2 heterocycles. The normalized spacial score (nSPS) is 10.6. The van der Waals surface area contributed by atoms with Gasteiger partial charge in [-0.1, -0.05) is 12.1 Å². The number of benzene rings is 1. The Labute approximate surface area is 140 Å². The second-order valence-electron chi connectivity index (χ2n) is 5.07. The summed E-state index contributed by atoms with van der Waals surface area (Å²) in [6.07, 6.45) is 2.76. The number of carbonyl (C=O) groups excluding carboxylic acids is 1. The molecule has 0 atom stereocenters. The van der Waals surface area contributed by atoms with Crippen molar-refractivity contribution >= 4 is 17.7 Å². The van der Waals surface area contributed by atoms with Crippen molar-refractivity contribution in [3.8, 4) is 0 Å². The van der Waals surface area contributed by atoms with Gasteiger partial charge in [-0.15, -0.1) is 5.10 Å². The summed E-state index contributed by atoms with van der Waals surface area (Å²) in [4.78, 5) is 25.7. The number of anilines is 1. The summed E-state index contributed by atoms with van der Waals surface area (Å²) in [7, 11) is 0. The molecule has 0 aliphatic heterocycles. The highest BCUT2D eigenvalue weighted by Gasteiger charge is 2.14. The Balaban J connectivity index is 1.57. The summed E-state index contributed by atoms with van der Waals surface area (Å²) in [6, 6.07) is 7.14. The number of nitrogens with zero attached hydrogens (tertiary/aromatic N) is 6. The van der Waals surface area contributed by atoms with Crippen LogP contribution in [0.15, 0.2) is 42.9 Å². The lowest BCUT2D eigenvalue weighted by atomic mass is 10.2. The van der Waals surface area contributed by atoms with Gasteiger partial charge in [0, 0.05) is 0 Å². The number of amides is 1. The first-order valence-corrected chi connectivity index (χ1v) is 7.11. The number of hydrogen-bond acceptors (Lipinski definition) is 6. The molecule has 0 fully saturated rings. The number of halogens is 1. The molecule has 10 nitrogen and oxygen atoms in total. The molecule has 1 N–H and O–H groups in total. The van der Waals surface area contributed by atoms with Crippen LogP contribution in [0.4, 0.5) is 16.2 Å². The number of carbonyl (C=O) groups is 1. The first-order chi connectivity index (χ1) is 12.0. The smallest absolute Gasteiger partial charge is 0.358 e. The van der Waals surface area contributed by atoms with E-state index in [-0.39, 0.29) is 24.1 Å². The number of nitro groups is 1. The summed E-state index contributed by atoms with van der Waals surface area (Å²) >= 11 is 0. The average molecular weight is 345 g/mol. The molecule has 128 valence electrons. The zero-order chi connectivity index (χ0) is 17.8. The van der Waals surface area contributed by atoms with Crippen LogP contribution < -0.4 is 5.32 Å². The van der Waals surface area contributed by atoms with Crippen LogP contribution >= 0.6 is 0 Å². The van der Waals surface area contributed by atoms with E-state index in [0.29, 0.717) is 6.54 Å². The zero-order valence-electron chi connectivity index (χ0n) is 12.7. The van der Waals surface area contributed by atoms with Crippen LogP contribution in [-0.2, 0) is 17.9 Å². The van der Waals surface area contributed by atoms with Crippen LogP contribution in [-0.4, -0.2) is 35.4 Å². The maximum atomic E-state index is 12.9. The summed E-state index contributed by atoms with van der Waals surface area (Å²) in [5.41, 5.74) is 0.827. The van der Waals surface area contributed by atoms with E-state index in [2.05, 4.69) is 20.5 Å². The molecule has 0 aliphatic carbocycles. The van der Waals surface area contributed by atoms with Crippen LogP contribution in [0.5, 0.6) is 0 Å². The Morgan fingerprint density at radius 3 is 2.64 bits per heavy atom. The van der Waals surface area contributed by atoms with Gasteiger partial charge in [0.1, 0.15) is 18.7 Å². The summed E-state index contributed by atoms with van der Waals surface area (Å²) in [5, 5.41) is 20.7. The molecule has 11 heteroatoms. The first kappa shape index (κ1) is 16.2. The Morgan fingerprint density at radius 1 is 1.20 bits per heavy atom. The minimum atomic E-state index is -0.646. The molecule has 1 aromatic carbocycles. The Hall–Kier alpha value is -3.63. The number of rotatable bonds is 6. The van der Waals surface area contributed by atoms with Crippen LogP contribution in [0.2, 0.25) is 0 Å². The average Bonchev–Trinajstić information content (AvgIpc) is 3.19. The molecule has 0 saturated heterocycles. The van der Waals surface area contributed by atoms with E-state index in [1.807, 2.05) is 0 Å². The largest absolute Gasteiger partial charge is 0.389 e. The highest BCUT2D eigenvalue weighted by molar-refractivity contribution is 5.88. The van der Waals surface area contributed by atoms with Gasteiger partial charge in [0.05, 0.1) is 23.9 Å². The Bertz CT molecular complexity index is 903. The summed E-state index contributed by atoms with van der Waals surface area (Å²) in [6.45, 7) is 0.162.